The Bertz CT molecular complexity index is 370. The Hall–Kier alpha value is -1.59. The lowest BCUT2D eigenvalue weighted by Crippen LogP contribution is -2.54. The highest BCUT2D eigenvalue weighted by atomic mass is 16.4. The summed E-state index contributed by atoms with van der Waals surface area (Å²) in [6.45, 7) is 5.54. The second kappa shape index (κ2) is 6.04. The van der Waals surface area contributed by atoms with Crippen molar-refractivity contribution in [2.75, 3.05) is 7.05 Å². The van der Waals surface area contributed by atoms with Gasteiger partial charge in [0.15, 0.2) is 0 Å². The highest BCUT2D eigenvalue weighted by molar-refractivity contribution is 5.89. The van der Waals surface area contributed by atoms with E-state index in [1.54, 1.807) is 7.05 Å². The molecule has 1 saturated heterocycles. The fourth-order valence-corrected chi connectivity index (χ4v) is 2.75. The van der Waals surface area contributed by atoms with Crippen molar-refractivity contribution in [3.05, 3.63) is 0 Å². The molecule has 0 unspecified atom stereocenters. The first-order chi connectivity index (χ1) is 8.81. The highest BCUT2D eigenvalue weighted by Crippen LogP contribution is 2.27. The molecule has 1 N–H and O–H groups in total. The molecule has 0 bridgehead atoms. The van der Waals surface area contributed by atoms with E-state index in [9.17, 15) is 19.5 Å². The average molecular weight is 270 g/mol. The minimum Gasteiger partial charge on any atom is -0.480 e. The molecule has 0 saturated carbocycles. The lowest BCUT2D eigenvalue weighted by Gasteiger charge is -2.34. The molecule has 1 rings (SSSR count). The van der Waals surface area contributed by atoms with Crippen LogP contribution in [0.15, 0.2) is 0 Å². The molecule has 0 aromatic rings. The number of amides is 2. The van der Waals surface area contributed by atoms with Crippen LogP contribution in [0, 0.1) is 5.92 Å². The fourth-order valence-electron chi connectivity index (χ4n) is 2.75. The van der Waals surface area contributed by atoms with Gasteiger partial charge in [0.25, 0.3) is 0 Å². The molecule has 6 heteroatoms. The number of nitrogens with zero attached hydrogens (tertiary/aromatic N) is 2. The van der Waals surface area contributed by atoms with Gasteiger partial charge in [0.1, 0.15) is 12.1 Å². The molecule has 3 atom stereocenters. The average Bonchev–Trinajstić information content (AvgIpc) is 2.70. The summed E-state index contributed by atoms with van der Waals surface area (Å²) in [6, 6.07) is -1.49. The predicted molar refractivity (Wildman–Crippen MR) is 69.4 cm³/mol. The number of aliphatic carboxylic acids is 1. The summed E-state index contributed by atoms with van der Waals surface area (Å²) in [5.74, 6) is -1.32. The minimum absolute atomic E-state index is 0.0649. The Labute approximate surface area is 113 Å². The molecule has 19 heavy (non-hydrogen) atoms. The van der Waals surface area contributed by atoms with E-state index in [0.29, 0.717) is 19.3 Å². The van der Waals surface area contributed by atoms with Crippen LogP contribution in [-0.2, 0) is 14.4 Å². The molecular formula is C13H22N2O4. The van der Waals surface area contributed by atoms with Crippen molar-refractivity contribution < 1.29 is 19.5 Å². The van der Waals surface area contributed by atoms with E-state index in [4.69, 9.17) is 0 Å². The standard InChI is InChI=1S/C13H22N2O4/c1-8(2)11(14(4)7-16)12(17)15-9(3)5-6-10(15)13(18)19/h7-11H,5-6H2,1-4H3,(H,18,19)/t9-,10-,11+/m0/s1. The monoisotopic (exact) mass is 270 g/mol. The Morgan fingerprint density at radius 1 is 1.37 bits per heavy atom. The summed E-state index contributed by atoms with van der Waals surface area (Å²) in [4.78, 5) is 37.4. The summed E-state index contributed by atoms with van der Waals surface area (Å²) < 4.78 is 0. The minimum atomic E-state index is -0.978. The molecule has 0 aromatic carbocycles. The van der Waals surface area contributed by atoms with Crippen LogP contribution in [-0.4, -0.2) is 58.4 Å². The Morgan fingerprint density at radius 3 is 2.37 bits per heavy atom. The first-order valence-electron chi connectivity index (χ1n) is 6.53. The van der Waals surface area contributed by atoms with Crippen molar-refractivity contribution in [3.63, 3.8) is 0 Å². The highest BCUT2D eigenvalue weighted by Gasteiger charge is 2.42. The van der Waals surface area contributed by atoms with Crippen LogP contribution in [0.2, 0.25) is 0 Å². The van der Waals surface area contributed by atoms with Gasteiger partial charge in [0.2, 0.25) is 12.3 Å². The molecule has 0 spiro atoms. The molecule has 108 valence electrons. The lowest BCUT2D eigenvalue weighted by molar-refractivity contribution is -0.153. The molecule has 1 heterocycles. The van der Waals surface area contributed by atoms with Crippen LogP contribution in [0.1, 0.15) is 33.6 Å². The molecular weight excluding hydrogens is 248 g/mol. The second-order valence-corrected chi connectivity index (χ2v) is 5.49. The molecule has 2 amide bonds. The SMILES string of the molecule is CC(C)[C@H](C(=O)N1[C@@H](C)CC[C@H]1C(=O)O)N(C)C=O. The maximum Gasteiger partial charge on any atom is 0.326 e. The third-order valence-corrected chi connectivity index (χ3v) is 3.70. The smallest absolute Gasteiger partial charge is 0.326 e. The van der Waals surface area contributed by atoms with E-state index in [0.717, 1.165) is 0 Å². The molecule has 0 radical (unpaired) electrons. The van der Waals surface area contributed by atoms with Gasteiger partial charge < -0.3 is 14.9 Å². The van der Waals surface area contributed by atoms with Gasteiger partial charge in [-0.2, -0.15) is 0 Å². The van der Waals surface area contributed by atoms with E-state index in [-0.39, 0.29) is 17.9 Å². The van der Waals surface area contributed by atoms with Crippen molar-refractivity contribution in [2.24, 2.45) is 5.92 Å². The molecule has 0 aromatic heterocycles. The quantitative estimate of drug-likeness (QED) is 0.741. The zero-order valence-corrected chi connectivity index (χ0v) is 11.9. The summed E-state index contributed by atoms with van der Waals surface area (Å²) >= 11 is 0. The summed E-state index contributed by atoms with van der Waals surface area (Å²) in [6.07, 6.45) is 1.76. The lowest BCUT2D eigenvalue weighted by atomic mass is 10.0. The number of rotatable bonds is 5. The van der Waals surface area contributed by atoms with Crippen LogP contribution in [0.3, 0.4) is 0 Å². The van der Waals surface area contributed by atoms with Gasteiger partial charge in [-0.3, -0.25) is 9.59 Å². The Balaban J connectivity index is 3.00. The van der Waals surface area contributed by atoms with E-state index >= 15 is 0 Å². The van der Waals surface area contributed by atoms with E-state index < -0.39 is 18.1 Å². The molecule has 1 aliphatic heterocycles. The maximum absolute atomic E-state index is 12.6. The van der Waals surface area contributed by atoms with Gasteiger partial charge in [0.05, 0.1) is 0 Å². The first kappa shape index (κ1) is 15.5. The van der Waals surface area contributed by atoms with Crippen LogP contribution >= 0.6 is 0 Å². The number of carboxylic acids is 1. The van der Waals surface area contributed by atoms with Crippen LogP contribution in [0.4, 0.5) is 0 Å². The number of likely N-dealkylation sites (N-methyl/N-ethyl adjacent to an activating group) is 1. The van der Waals surface area contributed by atoms with Gasteiger partial charge in [-0.25, -0.2) is 4.79 Å². The zero-order chi connectivity index (χ0) is 14.7. The molecule has 0 aliphatic carbocycles. The first-order valence-corrected chi connectivity index (χ1v) is 6.53. The van der Waals surface area contributed by atoms with E-state index in [1.807, 2.05) is 20.8 Å². The van der Waals surface area contributed by atoms with Crippen LogP contribution < -0.4 is 0 Å². The summed E-state index contributed by atoms with van der Waals surface area (Å²) in [7, 11) is 1.55. The topological polar surface area (TPSA) is 77.9 Å². The number of carboxylic acid groups (broad SMARTS) is 1. The molecule has 1 aliphatic rings. The number of carbonyl (C=O) groups is 3. The molecule has 1 fully saturated rings. The fraction of sp³-hybridized carbons (Fsp3) is 0.769. The van der Waals surface area contributed by atoms with E-state index in [1.165, 1.54) is 9.80 Å². The van der Waals surface area contributed by atoms with Crippen LogP contribution in [0.25, 0.3) is 0 Å². The number of hydrogen-bond donors (Lipinski definition) is 1. The van der Waals surface area contributed by atoms with Gasteiger partial charge in [-0.15, -0.1) is 0 Å². The van der Waals surface area contributed by atoms with Gasteiger partial charge in [-0.05, 0) is 25.7 Å². The predicted octanol–water partition coefficient (Wildman–Crippen LogP) is 0.563. The van der Waals surface area contributed by atoms with Crippen molar-refractivity contribution in [3.8, 4) is 0 Å². The van der Waals surface area contributed by atoms with Gasteiger partial charge in [0, 0.05) is 13.1 Å². The summed E-state index contributed by atoms with van der Waals surface area (Å²) in [5.41, 5.74) is 0. The third-order valence-electron chi connectivity index (χ3n) is 3.70. The number of hydrogen-bond acceptors (Lipinski definition) is 3. The number of carbonyl (C=O) groups excluding carboxylic acids is 2. The summed E-state index contributed by atoms with van der Waals surface area (Å²) in [5, 5.41) is 9.19. The van der Waals surface area contributed by atoms with E-state index in [2.05, 4.69) is 0 Å². The Morgan fingerprint density at radius 2 is 1.95 bits per heavy atom. The van der Waals surface area contributed by atoms with Gasteiger partial charge >= 0.3 is 5.97 Å². The van der Waals surface area contributed by atoms with Crippen molar-refractivity contribution in [1.29, 1.82) is 0 Å². The second-order valence-electron chi connectivity index (χ2n) is 5.49. The maximum atomic E-state index is 12.6. The third kappa shape index (κ3) is 3.05. The zero-order valence-electron chi connectivity index (χ0n) is 11.9. The van der Waals surface area contributed by atoms with Crippen LogP contribution in [0.5, 0.6) is 0 Å². The van der Waals surface area contributed by atoms with Crippen molar-refractivity contribution >= 4 is 18.3 Å². The van der Waals surface area contributed by atoms with Crippen molar-refractivity contribution in [2.45, 2.75) is 51.7 Å². The Kier molecular flexibility index (Phi) is 4.91. The molecule has 6 nitrogen and oxygen atoms in total. The normalized spacial score (nSPS) is 24.4. The largest absolute Gasteiger partial charge is 0.480 e. The number of likely N-dealkylation sites (tertiary alicyclic amines) is 1. The van der Waals surface area contributed by atoms with Gasteiger partial charge in [-0.1, -0.05) is 13.8 Å². The van der Waals surface area contributed by atoms with Crippen molar-refractivity contribution in [1.82, 2.24) is 9.80 Å².